The molecule has 1 fully saturated rings. The lowest BCUT2D eigenvalue weighted by Gasteiger charge is -2.40. The summed E-state index contributed by atoms with van der Waals surface area (Å²) in [5.41, 5.74) is 0. The van der Waals surface area contributed by atoms with Crippen molar-refractivity contribution < 1.29 is 56.8 Å². The maximum absolute atomic E-state index is 12.8. The van der Waals surface area contributed by atoms with E-state index in [0.717, 1.165) is 51.4 Å². The van der Waals surface area contributed by atoms with Gasteiger partial charge in [-0.25, -0.2) is 0 Å². The Morgan fingerprint density at radius 2 is 1.05 bits per heavy atom. The molecule has 0 aromatic carbocycles. The molecule has 1 rings (SSSR count). The van der Waals surface area contributed by atoms with Crippen LogP contribution in [0.1, 0.15) is 174 Å². The van der Waals surface area contributed by atoms with Crippen LogP contribution in [0, 0.1) is 0 Å². The number of allylic oxidation sites excluding steroid dienone is 6. The number of carbonyl (C=O) groups is 2. The molecule has 4 N–H and O–H groups in total. The molecule has 57 heavy (non-hydrogen) atoms. The van der Waals surface area contributed by atoms with Crippen molar-refractivity contribution in [2.45, 2.75) is 211 Å². The molecular weight excluding hydrogens is 753 g/mol. The average Bonchev–Trinajstić information content (AvgIpc) is 3.17. The van der Waals surface area contributed by atoms with Crippen LogP contribution in [0.5, 0.6) is 0 Å². The largest absolute Gasteiger partial charge is 0.462 e. The number of esters is 2. The van der Waals surface area contributed by atoms with E-state index in [4.69, 9.17) is 18.9 Å². The summed E-state index contributed by atoms with van der Waals surface area (Å²) in [5, 5.41) is 30.8. The fourth-order valence-electron chi connectivity index (χ4n) is 6.51. The molecule has 0 aliphatic carbocycles. The summed E-state index contributed by atoms with van der Waals surface area (Å²) in [6.07, 6.45) is 29.1. The highest BCUT2D eigenvalue weighted by Crippen LogP contribution is 2.24. The third-order valence-corrected chi connectivity index (χ3v) is 10.7. The summed E-state index contributed by atoms with van der Waals surface area (Å²) in [5.74, 6) is -2.03. The molecule has 0 radical (unpaired) electrons. The highest BCUT2D eigenvalue weighted by Gasteiger charge is 2.46. The van der Waals surface area contributed by atoms with Crippen LogP contribution in [0.4, 0.5) is 0 Å². The third kappa shape index (κ3) is 29.7. The van der Waals surface area contributed by atoms with Gasteiger partial charge in [0.05, 0.1) is 6.61 Å². The zero-order chi connectivity index (χ0) is 42.0. The van der Waals surface area contributed by atoms with Gasteiger partial charge < -0.3 is 34.3 Å². The molecule has 1 aliphatic rings. The number of ether oxygens (including phenoxy) is 4. The van der Waals surface area contributed by atoms with Crippen molar-refractivity contribution >= 4 is 22.1 Å². The van der Waals surface area contributed by atoms with Crippen molar-refractivity contribution in [2.75, 3.05) is 19.0 Å². The Kier molecular flexibility index (Phi) is 32.2. The molecule has 1 saturated heterocycles. The van der Waals surface area contributed by atoms with E-state index in [1.807, 2.05) is 0 Å². The van der Waals surface area contributed by atoms with Gasteiger partial charge in [-0.1, -0.05) is 147 Å². The molecule has 2 unspecified atom stereocenters. The molecule has 332 valence electrons. The number of unbranched alkanes of at least 4 members (excludes halogenated alkanes) is 18. The highest BCUT2D eigenvalue weighted by atomic mass is 32.2. The maximum Gasteiger partial charge on any atom is 0.306 e. The van der Waals surface area contributed by atoms with Crippen molar-refractivity contribution in [1.29, 1.82) is 0 Å². The normalized spacial score (nSPS) is 20.8. The molecule has 0 aromatic rings. The van der Waals surface area contributed by atoms with Gasteiger partial charge in [0.2, 0.25) is 0 Å². The van der Waals surface area contributed by atoms with Crippen LogP contribution in [0.25, 0.3) is 0 Å². The fraction of sp³-hybridized carbons (Fsp3) is 0.818. The second-order valence-corrected chi connectivity index (χ2v) is 16.9. The Hall–Kier alpha value is -2.13. The van der Waals surface area contributed by atoms with Gasteiger partial charge >= 0.3 is 11.9 Å². The maximum atomic E-state index is 12.8. The SMILES string of the molecule is CCCCC/C=C/C/C=C/C/C=C/CCCCC(=O)O[C@H](COC(=O)CCCCCCCCCCCCCCCC)CO[C@H]1O[C@H](CS(=O)(=O)O)[C@@H](O)C(O)C1O. The van der Waals surface area contributed by atoms with Gasteiger partial charge in [-0.3, -0.25) is 14.1 Å². The van der Waals surface area contributed by atoms with Gasteiger partial charge in [0.25, 0.3) is 10.1 Å². The van der Waals surface area contributed by atoms with E-state index in [9.17, 15) is 37.9 Å². The first-order chi connectivity index (χ1) is 27.5. The van der Waals surface area contributed by atoms with E-state index in [0.29, 0.717) is 12.8 Å². The third-order valence-electron chi connectivity index (χ3n) is 9.97. The minimum Gasteiger partial charge on any atom is -0.462 e. The molecular formula is C44H78O12S. The highest BCUT2D eigenvalue weighted by molar-refractivity contribution is 7.85. The van der Waals surface area contributed by atoms with Crippen molar-refractivity contribution in [3.63, 3.8) is 0 Å². The molecule has 1 heterocycles. The summed E-state index contributed by atoms with van der Waals surface area (Å²) in [4.78, 5) is 25.3. The number of aliphatic hydroxyl groups is 3. The van der Waals surface area contributed by atoms with E-state index in [1.165, 1.54) is 83.5 Å². The predicted octanol–water partition coefficient (Wildman–Crippen LogP) is 8.61. The minimum atomic E-state index is -4.60. The summed E-state index contributed by atoms with van der Waals surface area (Å²) in [7, 11) is -4.60. The first kappa shape index (κ1) is 52.9. The molecule has 0 bridgehead atoms. The molecule has 12 nitrogen and oxygen atoms in total. The molecule has 0 spiro atoms. The van der Waals surface area contributed by atoms with Gasteiger partial charge in [0.1, 0.15) is 36.8 Å². The van der Waals surface area contributed by atoms with Crippen molar-refractivity contribution in [3.05, 3.63) is 36.5 Å². The monoisotopic (exact) mass is 831 g/mol. The predicted molar refractivity (Wildman–Crippen MR) is 224 cm³/mol. The quantitative estimate of drug-likeness (QED) is 0.0204. The number of hydrogen-bond acceptors (Lipinski definition) is 11. The van der Waals surface area contributed by atoms with E-state index < -0.39 is 71.2 Å². The Bertz CT molecular complexity index is 1200. The van der Waals surface area contributed by atoms with E-state index in [-0.39, 0.29) is 19.4 Å². The molecule has 1 aliphatic heterocycles. The molecule has 13 heteroatoms. The number of aliphatic hydroxyl groups excluding tert-OH is 3. The van der Waals surface area contributed by atoms with Gasteiger partial charge in [-0.05, 0) is 51.4 Å². The molecule has 6 atom stereocenters. The zero-order valence-corrected chi connectivity index (χ0v) is 36.0. The second kappa shape index (κ2) is 34.7. The van der Waals surface area contributed by atoms with Crippen molar-refractivity contribution in [1.82, 2.24) is 0 Å². The van der Waals surface area contributed by atoms with Crippen LogP contribution in [-0.2, 0) is 38.7 Å². The molecule has 0 saturated carbocycles. The summed E-state index contributed by atoms with van der Waals surface area (Å²) < 4.78 is 54.0. The van der Waals surface area contributed by atoms with E-state index in [1.54, 1.807) is 0 Å². The summed E-state index contributed by atoms with van der Waals surface area (Å²) in [6, 6.07) is 0. The number of rotatable bonds is 36. The Labute approximate surface area is 344 Å². The smallest absolute Gasteiger partial charge is 0.306 e. The lowest BCUT2D eigenvalue weighted by atomic mass is 10.00. The van der Waals surface area contributed by atoms with Crippen LogP contribution in [-0.4, -0.2) is 96.0 Å². The Balaban J connectivity index is 2.50. The van der Waals surface area contributed by atoms with Crippen molar-refractivity contribution in [3.8, 4) is 0 Å². The first-order valence-corrected chi connectivity index (χ1v) is 23.7. The minimum absolute atomic E-state index is 0.117. The van der Waals surface area contributed by atoms with Gasteiger partial charge in [-0.15, -0.1) is 0 Å². The van der Waals surface area contributed by atoms with E-state index >= 15 is 0 Å². The number of hydrogen-bond donors (Lipinski definition) is 4. The van der Waals surface area contributed by atoms with Gasteiger partial charge in [-0.2, -0.15) is 8.42 Å². The fourth-order valence-corrected chi connectivity index (χ4v) is 7.20. The van der Waals surface area contributed by atoms with Crippen LogP contribution in [0.3, 0.4) is 0 Å². The van der Waals surface area contributed by atoms with Crippen LogP contribution < -0.4 is 0 Å². The van der Waals surface area contributed by atoms with E-state index in [2.05, 4.69) is 50.3 Å². The van der Waals surface area contributed by atoms with Crippen LogP contribution in [0.2, 0.25) is 0 Å². The second-order valence-electron chi connectivity index (χ2n) is 15.4. The summed E-state index contributed by atoms with van der Waals surface area (Å²) in [6.45, 7) is 3.69. The topological polar surface area (TPSA) is 186 Å². The average molecular weight is 831 g/mol. The standard InChI is InChI=1S/C44H78O12S/c1-3-5-7-9-11-13-15-17-19-21-23-25-27-29-31-33-40(46)55-37(35-54-44-43(49)42(48)41(47)38(56-44)36-57(50,51)52)34-53-39(45)32-30-28-26-24-22-20-18-16-14-12-10-8-6-4-2/h11,13,17,19,23,25,37-38,41-44,47-49H,3-10,12,14-16,18,20-22,24,26-36H2,1-2H3,(H,50,51,52)/b13-11+,19-17+,25-23+/t37-,38-,41-,42?,43?,44+/m1/s1. The summed E-state index contributed by atoms with van der Waals surface area (Å²) >= 11 is 0. The number of carbonyl (C=O) groups excluding carboxylic acids is 2. The lowest BCUT2D eigenvalue weighted by molar-refractivity contribution is -0.297. The van der Waals surface area contributed by atoms with Gasteiger partial charge in [0, 0.05) is 12.8 Å². The molecule has 0 aromatic heterocycles. The van der Waals surface area contributed by atoms with Gasteiger partial charge in [0.15, 0.2) is 12.4 Å². The van der Waals surface area contributed by atoms with Crippen molar-refractivity contribution in [2.24, 2.45) is 0 Å². The van der Waals surface area contributed by atoms with Crippen LogP contribution >= 0.6 is 0 Å². The Morgan fingerprint density at radius 1 is 0.596 bits per heavy atom. The Morgan fingerprint density at radius 3 is 1.60 bits per heavy atom. The zero-order valence-electron chi connectivity index (χ0n) is 35.2. The van der Waals surface area contributed by atoms with Crippen LogP contribution in [0.15, 0.2) is 36.5 Å². The first-order valence-electron chi connectivity index (χ1n) is 22.0. The molecule has 0 amide bonds. The lowest BCUT2D eigenvalue weighted by Crippen LogP contribution is -2.60.